The van der Waals surface area contributed by atoms with Crippen LogP contribution < -0.4 is 11.1 Å². The number of rotatable bonds is 3. The van der Waals surface area contributed by atoms with Crippen molar-refractivity contribution in [1.29, 1.82) is 0 Å². The summed E-state index contributed by atoms with van der Waals surface area (Å²) in [5, 5.41) is 3.34. The number of benzene rings is 1. The fourth-order valence-corrected chi connectivity index (χ4v) is 1.39. The van der Waals surface area contributed by atoms with Gasteiger partial charge >= 0.3 is 0 Å². The molecule has 0 unspecified atom stereocenters. The first-order valence-electron chi connectivity index (χ1n) is 4.39. The summed E-state index contributed by atoms with van der Waals surface area (Å²) in [5.41, 5.74) is 6.79. The van der Waals surface area contributed by atoms with E-state index in [0.717, 1.165) is 5.56 Å². The first-order valence-corrected chi connectivity index (χ1v) is 4.77. The van der Waals surface area contributed by atoms with Gasteiger partial charge in [-0.25, -0.2) is 0 Å². The second-order valence-electron chi connectivity index (χ2n) is 3.00. The summed E-state index contributed by atoms with van der Waals surface area (Å²) in [5.74, 6) is -0.107. The van der Waals surface area contributed by atoms with Crippen molar-refractivity contribution in [2.24, 2.45) is 5.73 Å². The van der Waals surface area contributed by atoms with Gasteiger partial charge in [-0.3, -0.25) is 4.79 Å². The summed E-state index contributed by atoms with van der Waals surface area (Å²) < 4.78 is 0. The van der Waals surface area contributed by atoms with Crippen molar-refractivity contribution >= 4 is 17.5 Å². The maximum Gasteiger partial charge on any atom is 0.251 e. The Hall–Kier alpha value is -1.06. The van der Waals surface area contributed by atoms with Gasteiger partial charge in [-0.2, -0.15) is 0 Å². The second kappa shape index (κ2) is 4.98. The lowest BCUT2D eigenvalue weighted by Gasteiger charge is -2.06. The monoisotopic (exact) mass is 212 g/mol. The van der Waals surface area contributed by atoms with Crippen molar-refractivity contribution in [3.05, 3.63) is 34.3 Å². The van der Waals surface area contributed by atoms with E-state index < -0.39 is 0 Å². The minimum atomic E-state index is -0.107. The minimum Gasteiger partial charge on any atom is -0.351 e. The van der Waals surface area contributed by atoms with Crippen LogP contribution in [0.5, 0.6) is 0 Å². The van der Waals surface area contributed by atoms with Crippen LogP contribution in [0.25, 0.3) is 0 Å². The lowest BCUT2D eigenvalue weighted by atomic mass is 10.1. The molecule has 0 aliphatic rings. The van der Waals surface area contributed by atoms with Crippen LogP contribution in [-0.2, 0) is 0 Å². The Kier molecular flexibility index (Phi) is 3.92. The van der Waals surface area contributed by atoms with Gasteiger partial charge in [0.25, 0.3) is 5.91 Å². The minimum absolute atomic E-state index is 0.107. The normalized spacial score (nSPS) is 9.93. The molecule has 0 bridgehead atoms. The predicted molar refractivity (Wildman–Crippen MR) is 57.6 cm³/mol. The van der Waals surface area contributed by atoms with Gasteiger partial charge in [0.05, 0.1) is 0 Å². The number of halogens is 1. The molecule has 3 N–H and O–H groups in total. The third-order valence-electron chi connectivity index (χ3n) is 1.86. The van der Waals surface area contributed by atoms with E-state index in [1.165, 1.54) is 0 Å². The molecule has 0 aromatic heterocycles. The number of nitrogens with one attached hydrogen (secondary N) is 1. The number of carbonyl (C=O) groups excluding carboxylic acids is 1. The van der Waals surface area contributed by atoms with Crippen molar-refractivity contribution in [3.63, 3.8) is 0 Å². The molecular formula is C10H13ClN2O. The van der Waals surface area contributed by atoms with Gasteiger partial charge in [-0.15, -0.1) is 0 Å². The first-order chi connectivity index (χ1) is 6.65. The van der Waals surface area contributed by atoms with E-state index >= 15 is 0 Å². The Morgan fingerprint density at radius 2 is 2.29 bits per heavy atom. The topological polar surface area (TPSA) is 55.1 Å². The van der Waals surface area contributed by atoms with Crippen LogP contribution in [0.3, 0.4) is 0 Å². The van der Waals surface area contributed by atoms with Crippen molar-refractivity contribution in [1.82, 2.24) is 5.32 Å². The van der Waals surface area contributed by atoms with E-state index in [1.54, 1.807) is 18.2 Å². The number of hydrogen-bond donors (Lipinski definition) is 2. The van der Waals surface area contributed by atoms with Gasteiger partial charge in [-0.05, 0) is 30.7 Å². The summed E-state index contributed by atoms with van der Waals surface area (Å²) in [6.45, 7) is 2.78. The molecule has 0 radical (unpaired) electrons. The van der Waals surface area contributed by atoms with Crippen LogP contribution in [0.4, 0.5) is 0 Å². The third-order valence-corrected chi connectivity index (χ3v) is 2.10. The molecule has 1 amide bonds. The molecule has 0 spiro atoms. The van der Waals surface area contributed by atoms with Gasteiger partial charge in [0.2, 0.25) is 0 Å². The van der Waals surface area contributed by atoms with E-state index in [-0.39, 0.29) is 5.91 Å². The Morgan fingerprint density at radius 1 is 1.57 bits per heavy atom. The highest BCUT2D eigenvalue weighted by molar-refractivity contribution is 6.30. The molecule has 3 nitrogen and oxygen atoms in total. The maximum atomic E-state index is 11.5. The molecular weight excluding hydrogens is 200 g/mol. The van der Waals surface area contributed by atoms with Crippen molar-refractivity contribution in [3.8, 4) is 0 Å². The van der Waals surface area contributed by atoms with Gasteiger partial charge < -0.3 is 11.1 Å². The number of aryl methyl sites for hydroxylation is 1. The molecule has 1 rings (SSSR count). The third kappa shape index (κ3) is 2.72. The Morgan fingerprint density at radius 3 is 2.86 bits per heavy atom. The highest BCUT2D eigenvalue weighted by Gasteiger charge is 2.07. The molecule has 0 aliphatic carbocycles. The highest BCUT2D eigenvalue weighted by atomic mass is 35.5. The van der Waals surface area contributed by atoms with Crippen LogP contribution in [0.15, 0.2) is 18.2 Å². The van der Waals surface area contributed by atoms with E-state index in [1.807, 2.05) is 6.92 Å². The summed E-state index contributed by atoms with van der Waals surface area (Å²) in [6, 6.07) is 5.17. The van der Waals surface area contributed by atoms with Crippen molar-refractivity contribution in [2.45, 2.75) is 6.92 Å². The lowest BCUT2D eigenvalue weighted by Crippen LogP contribution is -2.29. The van der Waals surface area contributed by atoms with Crippen LogP contribution in [-0.4, -0.2) is 19.0 Å². The number of carbonyl (C=O) groups is 1. The summed E-state index contributed by atoms with van der Waals surface area (Å²) >= 11 is 5.77. The number of nitrogens with two attached hydrogens (primary N) is 1. The molecule has 0 saturated heterocycles. The predicted octanol–water partition coefficient (Wildman–Crippen LogP) is 1.34. The average molecular weight is 213 g/mol. The second-order valence-corrected chi connectivity index (χ2v) is 3.44. The molecule has 1 aromatic carbocycles. The molecule has 1 aromatic rings. The van der Waals surface area contributed by atoms with Crippen molar-refractivity contribution in [2.75, 3.05) is 13.1 Å². The molecule has 0 atom stereocenters. The molecule has 0 fully saturated rings. The van der Waals surface area contributed by atoms with Crippen LogP contribution in [0.2, 0.25) is 5.02 Å². The zero-order valence-electron chi connectivity index (χ0n) is 8.01. The smallest absolute Gasteiger partial charge is 0.251 e. The Balaban J connectivity index is 2.80. The zero-order chi connectivity index (χ0) is 10.6. The van der Waals surface area contributed by atoms with E-state index in [0.29, 0.717) is 23.7 Å². The quantitative estimate of drug-likeness (QED) is 0.795. The van der Waals surface area contributed by atoms with Crippen LogP contribution in [0.1, 0.15) is 15.9 Å². The van der Waals surface area contributed by atoms with Crippen molar-refractivity contribution < 1.29 is 4.79 Å². The lowest BCUT2D eigenvalue weighted by molar-refractivity contribution is 0.0954. The van der Waals surface area contributed by atoms with Crippen LogP contribution >= 0.6 is 11.6 Å². The van der Waals surface area contributed by atoms with Gasteiger partial charge in [0, 0.05) is 23.7 Å². The van der Waals surface area contributed by atoms with Gasteiger partial charge in [0.1, 0.15) is 0 Å². The van der Waals surface area contributed by atoms with Crippen LogP contribution in [0, 0.1) is 6.92 Å². The molecule has 0 saturated carbocycles. The molecule has 14 heavy (non-hydrogen) atoms. The maximum absolute atomic E-state index is 11.5. The fourth-order valence-electron chi connectivity index (χ4n) is 1.16. The summed E-state index contributed by atoms with van der Waals surface area (Å²) in [7, 11) is 0. The molecule has 4 heteroatoms. The van der Waals surface area contributed by atoms with Gasteiger partial charge in [0.15, 0.2) is 0 Å². The molecule has 0 aliphatic heterocycles. The SMILES string of the molecule is Cc1cc(Cl)ccc1C(=O)NCCN. The highest BCUT2D eigenvalue weighted by Crippen LogP contribution is 2.14. The van der Waals surface area contributed by atoms with E-state index in [9.17, 15) is 4.79 Å². The Labute approximate surface area is 88.2 Å². The van der Waals surface area contributed by atoms with E-state index in [4.69, 9.17) is 17.3 Å². The molecule has 0 heterocycles. The first kappa shape index (κ1) is 11.0. The zero-order valence-corrected chi connectivity index (χ0v) is 8.77. The standard InChI is InChI=1S/C10H13ClN2O/c1-7-6-8(11)2-3-9(7)10(14)13-5-4-12/h2-3,6H,4-5,12H2,1H3,(H,13,14). The largest absolute Gasteiger partial charge is 0.351 e. The Bertz CT molecular complexity index is 339. The summed E-state index contributed by atoms with van der Waals surface area (Å²) in [4.78, 5) is 11.5. The number of hydrogen-bond acceptors (Lipinski definition) is 2. The number of amides is 1. The van der Waals surface area contributed by atoms with E-state index in [2.05, 4.69) is 5.32 Å². The molecule has 76 valence electrons. The average Bonchev–Trinajstić information content (AvgIpc) is 2.14. The van der Waals surface area contributed by atoms with Gasteiger partial charge in [-0.1, -0.05) is 11.6 Å². The summed E-state index contributed by atoms with van der Waals surface area (Å²) in [6.07, 6.45) is 0. The fraction of sp³-hybridized carbons (Fsp3) is 0.300.